The third kappa shape index (κ3) is 4.22. The summed E-state index contributed by atoms with van der Waals surface area (Å²) in [4.78, 5) is 10.9. The van der Waals surface area contributed by atoms with E-state index < -0.39 is 22.0 Å². The van der Waals surface area contributed by atoms with Crippen LogP contribution >= 0.6 is 0 Å². The first-order valence-electron chi connectivity index (χ1n) is 5.84. The molecule has 1 atom stereocenters. The zero-order valence-electron chi connectivity index (χ0n) is 11.0. The number of sulfonamides is 1. The van der Waals surface area contributed by atoms with Gasteiger partial charge in [0.25, 0.3) is 0 Å². The van der Waals surface area contributed by atoms with Crippen LogP contribution in [0.25, 0.3) is 0 Å². The van der Waals surface area contributed by atoms with Crippen LogP contribution < -0.4 is 10.0 Å². The molecule has 0 radical (unpaired) electrons. The number of rotatable bonds is 6. The fourth-order valence-corrected chi connectivity index (χ4v) is 2.91. The normalized spacial score (nSPS) is 13.3. The van der Waals surface area contributed by atoms with E-state index in [0.717, 1.165) is 0 Å². The molecule has 0 aliphatic heterocycles. The Balaban J connectivity index is 3.12. The van der Waals surface area contributed by atoms with Gasteiger partial charge in [-0.15, -0.1) is 0 Å². The molecule has 1 aromatic rings. The highest BCUT2D eigenvalue weighted by Gasteiger charge is 2.21. The Labute approximate surface area is 112 Å². The Bertz CT molecular complexity index is 555. The Hall–Kier alpha value is -1.60. The van der Waals surface area contributed by atoms with Crippen LogP contribution in [-0.2, 0) is 14.8 Å². The van der Waals surface area contributed by atoms with Crippen molar-refractivity contribution in [2.24, 2.45) is 0 Å². The number of carbonyl (C=O) groups is 1. The average molecular weight is 286 g/mol. The van der Waals surface area contributed by atoms with Crippen LogP contribution in [0.5, 0.6) is 0 Å². The maximum atomic E-state index is 12.1. The van der Waals surface area contributed by atoms with Crippen molar-refractivity contribution in [1.29, 1.82) is 0 Å². The molecule has 1 aromatic carbocycles. The Morgan fingerprint density at radius 3 is 2.32 bits per heavy atom. The summed E-state index contributed by atoms with van der Waals surface area (Å²) in [6, 6.07) is 5.08. The first-order valence-corrected chi connectivity index (χ1v) is 7.33. The number of benzene rings is 1. The van der Waals surface area contributed by atoms with E-state index in [-0.39, 0.29) is 16.6 Å². The topological polar surface area (TPSA) is 95.5 Å². The lowest BCUT2D eigenvalue weighted by Gasteiger charge is -2.16. The SMILES string of the molecule is CC(C)NS(=O)(=O)c1ccccc1NC(C)C(=O)O. The highest BCUT2D eigenvalue weighted by atomic mass is 32.2. The number of hydrogen-bond acceptors (Lipinski definition) is 4. The van der Waals surface area contributed by atoms with E-state index in [9.17, 15) is 13.2 Å². The smallest absolute Gasteiger partial charge is 0.325 e. The Kier molecular flexibility index (Phi) is 4.90. The molecule has 1 unspecified atom stereocenters. The van der Waals surface area contributed by atoms with Crippen molar-refractivity contribution < 1.29 is 18.3 Å². The van der Waals surface area contributed by atoms with Gasteiger partial charge in [-0.1, -0.05) is 12.1 Å². The summed E-state index contributed by atoms with van der Waals surface area (Å²) in [5, 5.41) is 11.5. The third-order valence-electron chi connectivity index (χ3n) is 2.31. The molecule has 19 heavy (non-hydrogen) atoms. The lowest BCUT2D eigenvalue weighted by Crippen LogP contribution is -2.32. The van der Waals surface area contributed by atoms with Crippen LogP contribution in [0.4, 0.5) is 5.69 Å². The van der Waals surface area contributed by atoms with Gasteiger partial charge in [0.05, 0.1) is 5.69 Å². The van der Waals surface area contributed by atoms with Crippen molar-refractivity contribution in [1.82, 2.24) is 4.72 Å². The molecule has 0 fully saturated rings. The molecule has 1 rings (SSSR count). The van der Waals surface area contributed by atoms with Gasteiger partial charge >= 0.3 is 5.97 Å². The molecule has 0 aliphatic rings. The maximum Gasteiger partial charge on any atom is 0.325 e. The lowest BCUT2D eigenvalue weighted by atomic mass is 10.2. The molecule has 0 bridgehead atoms. The zero-order chi connectivity index (χ0) is 14.6. The molecule has 0 aliphatic carbocycles. The molecule has 7 heteroatoms. The van der Waals surface area contributed by atoms with E-state index >= 15 is 0 Å². The molecule has 0 aromatic heterocycles. The average Bonchev–Trinajstić information content (AvgIpc) is 2.27. The fraction of sp³-hybridized carbons (Fsp3) is 0.417. The van der Waals surface area contributed by atoms with Crippen LogP contribution in [0.2, 0.25) is 0 Å². The molecule has 0 spiro atoms. The van der Waals surface area contributed by atoms with Crippen molar-refractivity contribution in [3.63, 3.8) is 0 Å². The van der Waals surface area contributed by atoms with Gasteiger partial charge in [0.2, 0.25) is 10.0 Å². The van der Waals surface area contributed by atoms with Crippen molar-refractivity contribution in [3.05, 3.63) is 24.3 Å². The summed E-state index contributed by atoms with van der Waals surface area (Å²) < 4.78 is 26.7. The van der Waals surface area contributed by atoms with Crippen molar-refractivity contribution in [2.75, 3.05) is 5.32 Å². The molecule has 0 amide bonds. The number of para-hydroxylation sites is 1. The van der Waals surface area contributed by atoms with E-state index in [2.05, 4.69) is 10.0 Å². The second kappa shape index (κ2) is 6.03. The lowest BCUT2D eigenvalue weighted by molar-refractivity contribution is -0.137. The summed E-state index contributed by atoms with van der Waals surface area (Å²) in [6.07, 6.45) is 0. The maximum absolute atomic E-state index is 12.1. The predicted molar refractivity (Wildman–Crippen MR) is 72.6 cm³/mol. The van der Waals surface area contributed by atoms with Crippen LogP contribution in [0.3, 0.4) is 0 Å². The Morgan fingerprint density at radius 1 is 1.21 bits per heavy atom. The fourth-order valence-electron chi connectivity index (χ4n) is 1.49. The third-order valence-corrected chi connectivity index (χ3v) is 4.03. The standard InChI is InChI=1S/C12H18N2O4S/c1-8(2)14-19(17,18)11-7-5-4-6-10(11)13-9(3)12(15)16/h4-9,13-14H,1-3H3,(H,15,16). The molecule has 0 saturated carbocycles. The van der Waals surface area contributed by atoms with E-state index in [0.29, 0.717) is 0 Å². The summed E-state index contributed by atoms with van der Waals surface area (Å²) in [7, 11) is -3.67. The molecule has 0 saturated heterocycles. The summed E-state index contributed by atoms with van der Waals surface area (Å²) >= 11 is 0. The highest BCUT2D eigenvalue weighted by Crippen LogP contribution is 2.21. The van der Waals surface area contributed by atoms with Crippen LogP contribution in [0.15, 0.2) is 29.2 Å². The second-order valence-electron chi connectivity index (χ2n) is 4.48. The molecule has 6 nitrogen and oxygen atoms in total. The zero-order valence-corrected chi connectivity index (χ0v) is 11.9. The quantitative estimate of drug-likeness (QED) is 0.731. The Morgan fingerprint density at radius 2 is 1.79 bits per heavy atom. The number of nitrogens with one attached hydrogen (secondary N) is 2. The molecular weight excluding hydrogens is 268 g/mol. The first-order chi connectivity index (χ1) is 8.74. The number of carboxylic acid groups (broad SMARTS) is 1. The minimum absolute atomic E-state index is 0.0387. The monoisotopic (exact) mass is 286 g/mol. The van der Waals surface area contributed by atoms with E-state index in [1.54, 1.807) is 26.0 Å². The van der Waals surface area contributed by atoms with Gasteiger partial charge in [-0.05, 0) is 32.9 Å². The molecule has 3 N–H and O–H groups in total. The molecule has 106 valence electrons. The number of aliphatic carboxylic acids is 1. The van der Waals surface area contributed by atoms with E-state index in [1.807, 2.05) is 0 Å². The van der Waals surface area contributed by atoms with Gasteiger partial charge in [-0.2, -0.15) is 0 Å². The van der Waals surface area contributed by atoms with E-state index in [4.69, 9.17) is 5.11 Å². The number of carboxylic acids is 1. The van der Waals surface area contributed by atoms with Crippen molar-refractivity contribution in [3.8, 4) is 0 Å². The number of anilines is 1. The molecular formula is C12H18N2O4S. The van der Waals surface area contributed by atoms with Gasteiger partial charge < -0.3 is 10.4 Å². The van der Waals surface area contributed by atoms with Crippen molar-refractivity contribution in [2.45, 2.75) is 37.8 Å². The van der Waals surface area contributed by atoms with Crippen molar-refractivity contribution >= 4 is 21.7 Å². The van der Waals surface area contributed by atoms with Gasteiger partial charge in [-0.25, -0.2) is 13.1 Å². The van der Waals surface area contributed by atoms with Gasteiger partial charge in [0, 0.05) is 6.04 Å². The van der Waals surface area contributed by atoms with E-state index in [1.165, 1.54) is 19.1 Å². The number of hydrogen-bond donors (Lipinski definition) is 3. The summed E-state index contributed by atoms with van der Waals surface area (Å²) in [6.45, 7) is 4.88. The van der Waals surface area contributed by atoms with Crippen LogP contribution in [0.1, 0.15) is 20.8 Å². The largest absolute Gasteiger partial charge is 0.480 e. The highest BCUT2D eigenvalue weighted by molar-refractivity contribution is 7.89. The minimum Gasteiger partial charge on any atom is -0.480 e. The minimum atomic E-state index is -3.67. The van der Waals surface area contributed by atoms with Gasteiger partial charge in [0.15, 0.2) is 0 Å². The second-order valence-corrected chi connectivity index (χ2v) is 6.16. The molecule has 0 heterocycles. The van der Waals surface area contributed by atoms with Crippen LogP contribution in [0, 0.1) is 0 Å². The summed E-state index contributed by atoms with van der Waals surface area (Å²) in [5.41, 5.74) is 0.269. The predicted octanol–water partition coefficient (Wildman–Crippen LogP) is 1.26. The first kappa shape index (κ1) is 15.5. The van der Waals surface area contributed by atoms with Gasteiger partial charge in [0.1, 0.15) is 10.9 Å². The van der Waals surface area contributed by atoms with Gasteiger partial charge in [-0.3, -0.25) is 4.79 Å². The van der Waals surface area contributed by atoms with Crippen LogP contribution in [-0.4, -0.2) is 31.6 Å². The summed E-state index contributed by atoms with van der Waals surface area (Å²) in [5.74, 6) is -1.05.